The molecule has 0 unspecified atom stereocenters. The molecule has 0 fully saturated rings. The normalized spacial score (nSPS) is 17.1. The molecule has 0 radical (unpaired) electrons. The quantitative estimate of drug-likeness (QED) is 0.893. The van der Waals surface area contributed by atoms with Gasteiger partial charge in [0.1, 0.15) is 0 Å². The zero-order valence-corrected chi connectivity index (χ0v) is 12.3. The van der Waals surface area contributed by atoms with E-state index in [-0.39, 0.29) is 0 Å². The third-order valence-electron chi connectivity index (χ3n) is 2.94. The van der Waals surface area contributed by atoms with Gasteiger partial charge in [0.05, 0.1) is 6.21 Å². The Balaban J connectivity index is 2.21. The molecule has 98 valence electrons. The van der Waals surface area contributed by atoms with Gasteiger partial charge in [-0.1, -0.05) is 0 Å². The molecular weight excluding hydrogens is 276 g/mol. The van der Waals surface area contributed by atoms with Crippen LogP contribution in [0.2, 0.25) is 0 Å². The molecule has 2 aromatic rings. The molecule has 1 aliphatic rings. The molecule has 0 aliphatic carbocycles. The minimum Gasteiger partial charge on any atom is -0.368 e. The minimum absolute atomic E-state index is 0.347. The fourth-order valence-electron chi connectivity index (χ4n) is 2.06. The van der Waals surface area contributed by atoms with Crippen LogP contribution in [0.1, 0.15) is 20.9 Å². The van der Waals surface area contributed by atoms with Crippen molar-refractivity contribution in [1.82, 2.24) is 5.43 Å². The maximum atomic E-state index is 5.83. The largest absolute Gasteiger partial charge is 0.368 e. The standard InChI is InChI=1S/C13H14N4S2/c1-8-3-10(18-5-8)13(7-15-17-12(14)16-13)11-4-9(2)6-19-11/h3-7H,1-2H3,(H3,14,16,17). The van der Waals surface area contributed by atoms with E-state index < -0.39 is 5.54 Å². The van der Waals surface area contributed by atoms with Crippen LogP contribution in [-0.4, -0.2) is 12.2 Å². The summed E-state index contributed by atoms with van der Waals surface area (Å²) in [6, 6.07) is 4.29. The van der Waals surface area contributed by atoms with Crippen molar-refractivity contribution in [3.63, 3.8) is 0 Å². The van der Waals surface area contributed by atoms with Gasteiger partial charge in [-0.3, -0.25) is 0 Å². The highest BCUT2D eigenvalue weighted by atomic mass is 32.1. The predicted octanol–water partition coefficient (Wildman–Crippen LogP) is 2.57. The lowest BCUT2D eigenvalue weighted by Gasteiger charge is -2.26. The third kappa shape index (κ3) is 2.06. The van der Waals surface area contributed by atoms with Crippen LogP contribution >= 0.6 is 22.7 Å². The van der Waals surface area contributed by atoms with Gasteiger partial charge in [0.25, 0.3) is 0 Å². The van der Waals surface area contributed by atoms with Crippen molar-refractivity contribution in [2.45, 2.75) is 19.4 Å². The second kappa shape index (κ2) is 4.47. The molecule has 0 spiro atoms. The van der Waals surface area contributed by atoms with E-state index in [9.17, 15) is 0 Å². The number of hydrazone groups is 1. The van der Waals surface area contributed by atoms with Gasteiger partial charge in [0, 0.05) is 9.75 Å². The maximum absolute atomic E-state index is 5.83. The second-order valence-corrected chi connectivity index (χ2v) is 6.43. The average Bonchev–Trinajstić information content (AvgIpc) is 2.98. The molecule has 0 saturated heterocycles. The van der Waals surface area contributed by atoms with Crippen LogP contribution in [0.15, 0.2) is 33.0 Å². The van der Waals surface area contributed by atoms with Crippen LogP contribution in [-0.2, 0) is 5.54 Å². The molecule has 19 heavy (non-hydrogen) atoms. The summed E-state index contributed by atoms with van der Waals surface area (Å²) in [6.45, 7) is 4.16. The number of nitrogens with one attached hydrogen (secondary N) is 1. The highest BCUT2D eigenvalue weighted by Crippen LogP contribution is 2.40. The molecule has 0 atom stereocenters. The van der Waals surface area contributed by atoms with E-state index in [1.807, 2.05) is 6.21 Å². The van der Waals surface area contributed by atoms with Crippen molar-refractivity contribution in [1.29, 1.82) is 0 Å². The Morgan fingerprint density at radius 1 is 1.11 bits per heavy atom. The van der Waals surface area contributed by atoms with Crippen LogP contribution in [0.4, 0.5) is 0 Å². The van der Waals surface area contributed by atoms with Gasteiger partial charge in [-0.25, -0.2) is 10.4 Å². The summed E-state index contributed by atoms with van der Waals surface area (Å²) >= 11 is 3.37. The zero-order chi connectivity index (χ0) is 13.5. The Bertz CT molecular complexity index is 625. The number of nitrogens with zero attached hydrogens (tertiary/aromatic N) is 2. The van der Waals surface area contributed by atoms with Gasteiger partial charge in [-0.05, 0) is 47.9 Å². The molecule has 1 aliphatic heterocycles. The predicted molar refractivity (Wildman–Crippen MR) is 82.1 cm³/mol. The summed E-state index contributed by atoms with van der Waals surface area (Å²) in [4.78, 5) is 6.91. The summed E-state index contributed by atoms with van der Waals surface area (Å²) in [6.07, 6.45) is 1.83. The average molecular weight is 290 g/mol. The Morgan fingerprint density at radius 3 is 2.11 bits per heavy atom. The molecule has 3 N–H and O–H groups in total. The van der Waals surface area contributed by atoms with E-state index in [2.05, 4.69) is 52.3 Å². The van der Waals surface area contributed by atoms with Crippen molar-refractivity contribution >= 4 is 34.8 Å². The Morgan fingerprint density at radius 2 is 1.68 bits per heavy atom. The summed E-state index contributed by atoms with van der Waals surface area (Å²) in [5, 5.41) is 8.41. The van der Waals surface area contributed by atoms with Crippen molar-refractivity contribution in [2.24, 2.45) is 15.8 Å². The number of thiophene rings is 2. The molecular formula is C13H14N4S2. The van der Waals surface area contributed by atoms with Crippen molar-refractivity contribution in [3.8, 4) is 0 Å². The topological polar surface area (TPSA) is 62.8 Å². The van der Waals surface area contributed by atoms with Gasteiger partial charge in [0.15, 0.2) is 5.54 Å². The first-order chi connectivity index (χ1) is 9.10. The molecule has 3 heterocycles. The number of guanidine groups is 1. The Hall–Kier alpha value is -1.66. The van der Waals surface area contributed by atoms with Crippen molar-refractivity contribution < 1.29 is 0 Å². The monoisotopic (exact) mass is 290 g/mol. The summed E-state index contributed by atoms with van der Waals surface area (Å²) in [5.74, 6) is 0.347. The zero-order valence-electron chi connectivity index (χ0n) is 10.7. The smallest absolute Gasteiger partial charge is 0.211 e. The second-order valence-electron chi connectivity index (χ2n) is 4.61. The first kappa shape index (κ1) is 12.4. The van der Waals surface area contributed by atoms with Crippen LogP contribution in [0.5, 0.6) is 0 Å². The lowest BCUT2D eigenvalue weighted by molar-refractivity contribution is 0.735. The molecule has 0 amide bonds. The van der Waals surface area contributed by atoms with Crippen LogP contribution in [0, 0.1) is 13.8 Å². The fraction of sp³-hybridized carbons (Fsp3) is 0.231. The summed E-state index contributed by atoms with van der Waals surface area (Å²) < 4.78 is 0. The number of rotatable bonds is 2. The summed E-state index contributed by atoms with van der Waals surface area (Å²) in [5.41, 5.74) is 10.4. The van der Waals surface area contributed by atoms with E-state index in [0.29, 0.717) is 5.96 Å². The fourth-order valence-corrected chi connectivity index (χ4v) is 4.17. The molecule has 4 nitrogen and oxygen atoms in total. The van der Waals surface area contributed by atoms with E-state index in [0.717, 1.165) is 9.75 Å². The minimum atomic E-state index is -0.576. The van der Waals surface area contributed by atoms with Gasteiger partial charge in [-0.15, -0.1) is 22.7 Å². The highest BCUT2D eigenvalue weighted by Gasteiger charge is 2.37. The van der Waals surface area contributed by atoms with E-state index in [1.54, 1.807) is 22.7 Å². The molecule has 0 aromatic carbocycles. The third-order valence-corrected chi connectivity index (χ3v) is 5.28. The van der Waals surface area contributed by atoms with Crippen LogP contribution in [0.25, 0.3) is 0 Å². The number of hydrogen-bond acceptors (Lipinski definition) is 6. The molecule has 0 saturated carbocycles. The van der Waals surface area contributed by atoms with Crippen LogP contribution in [0.3, 0.4) is 0 Å². The molecule has 6 heteroatoms. The Kier molecular flexibility index (Phi) is 2.91. The number of nitrogens with two attached hydrogens (primary N) is 1. The SMILES string of the molecule is Cc1csc(C2(c3cc(C)cs3)C=NNC(N)=N2)c1. The van der Waals surface area contributed by atoms with Gasteiger partial charge < -0.3 is 5.73 Å². The van der Waals surface area contributed by atoms with E-state index in [4.69, 9.17) is 5.73 Å². The summed E-state index contributed by atoms with van der Waals surface area (Å²) in [7, 11) is 0. The van der Waals surface area contributed by atoms with Crippen molar-refractivity contribution in [2.75, 3.05) is 0 Å². The molecule has 3 rings (SSSR count). The molecule has 0 bridgehead atoms. The lowest BCUT2D eigenvalue weighted by atomic mass is 9.96. The first-order valence-electron chi connectivity index (χ1n) is 5.87. The van der Waals surface area contributed by atoms with E-state index in [1.165, 1.54) is 11.1 Å². The number of hydrogen-bond donors (Lipinski definition) is 2. The number of aryl methyl sites for hydroxylation is 2. The van der Waals surface area contributed by atoms with Gasteiger partial charge in [0.2, 0.25) is 5.96 Å². The Labute approximate surface area is 119 Å². The molecule has 2 aromatic heterocycles. The van der Waals surface area contributed by atoms with Crippen LogP contribution < -0.4 is 11.2 Å². The van der Waals surface area contributed by atoms with Crippen molar-refractivity contribution in [3.05, 3.63) is 43.8 Å². The number of aliphatic imine (C=N–C) groups is 1. The van der Waals surface area contributed by atoms with Gasteiger partial charge >= 0.3 is 0 Å². The maximum Gasteiger partial charge on any atom is 0.211 e. The lowest BCUT2D eigenvalue weighted by Crippen LogP contribution is -2.39. The van der Waals surface area contributed by atoms with Gasteiger partial charge in [-0.2, -0.15) is 5.10 Å². The first-order valence-corrected chi connectivity index (χ1v) is 7.63. The highest BCUT2D eigenvalue weighted by molar-refractivity contribution is 7.12. The van der Waals surface area contributed by atoms with E-state index >= 15 is 0 Å².